The monoisotopic (exact) mass is 195 g/mol. The molecule has 1 rings (SSSR count). The van der Waals surface area contributed by atoms with Crippen LogP contribution in [0.2, 0.25) is 0 Å². The van der Waals surface area contributed by atoms with Crippen LogP contribution < -0.4 is 5.32 Å². The summed E-state index contributed by atoms with van der Waals surface area (Å²) in [7, 11) is 0. The van der Waals surface area contributed by atoms with Crippen molar-refractivity contribution < 1.29 is 4.42 Å². The Kier molecular flexibility index (Phi) is 4.21. The second kappa shape index (κ2) is 5.20. The van der Waals surface area contributed by atoms with Gasteiger partial charge in [0, 0.05) is 6.04 Å². The van der Waals surface area contributed by atoms with Crippen LogP contribution in [0.5, 0.6) is 0 Å². The molecule has 1 aromatic heterocycles. The Bertz CT molecular complexity index is 241. The van der Waals surface area contributed by atoms with Crippen molar-refractivity contribution in [3.63, 3.8) is 0 Å². The number of hydrogen-bond donors (Lipinski definition) is 1. The highest BCUT2D eigenvalue weighted by atomic mass is 16.3. The van der Waals surface area contributed by atoms with E-state index in [0.717, 1.165) is 6.54 Å². The Morgan fingerprint density at radius 3 is 2.50 bits per heavy atom. The first-order valence-electron chi connectivity index (χ1n) is 5.36. The molecule has 1 aromatic rings. The predicted molar refractivity (Wildman–Crippen MR) is 59.4 cm³/mol. The topological polar surface area (TPSA) is 25.2 Å². The number of hydrogen-bond acceptors (Lipinski definition) is 2. The summed E-state index contributed by atoms with van der Waals surface area (Å²) < 4.78 is 5.09. The second-order valence-electron chi connectivity index (χ2n) is 4.39. The van der Waals surface area contributed by atoms with E-state index >= 15 is 0 Å². The zero-order valence-corrected chi connectivity index (χ0v) is 9.58. The van der Waals surface area contributed by atoms with Gasteiger partial charge in [0.25, 0.3) is 0 Å². The number of nitrogens with one attached hydrogen (secondary N) is 1. The third-order valence-corrected chi connectivity index (χ3v) is 2.77. The van der Waals surface area contributed by atoms with Gasteiger partial charge in [-0.1, -0.05) is 27.7 Å². The van der Waals surface area contributed by atoms with E-state index in [1.165, 1.54) is 5.56 Å². The molecule has 0 aliphatic rings. The normalized spacial score (nSPS) is 15.8. The molecule has 2 unspecified atom stereocenters. The summed E-state index contributed by atoms with van der Waals surface area (Å²) in [4.78, 5) is 0. The van der Waals surface area contributed by atoms with Crippen LogP contribution in [-0.2, 0) is 0 Å². The molecule has 14 heavy (non-hydrogen) atoms. The molecule has 1 heterocycles. The Labute approximate surface area is 86.7 Å². The standard InChI is InChI=1S/C12H21NO/c1-9(2)13-7-10(3)11(4)12-5-6-14-8-12/h5-6,8-11,13H,7H2,1-4H3. The van der Waals surface area contributed by atoms with Gasteiger partial charge in [0.2, 0.25) is 0 Å². The molecule has 2 nitrogen and oxygen atoms in total. The summed E-state index contributed by atoms with van der Waals surface area (Å²) in [6, 6.07) is 2.62. The van der Waals surface area contributed by atoms with Crippen molar-refractivity contribution in [2.45, 2.75) is 39.7 Å². The van der Waals surface area contributed by atoms with Crippen molar-refractivity contribution in [1.29, 1.82) is 0 Å². The molecule has 0 spiro atoms. The SMILES string of the molecule is CC(C)NCC(C)C(C)c1ccoc1. The van der Waals surface area contributed by atoms with Gasteiger partial charge >= 0.3 is 0 Å². The van der Waals surface area contributed by atoms with Crippen molar-refractivity contribution in [1.82, 2.24) is 5.32 Å². The maximum absolute atomic E-state index is 5.09. The van der Waals surface area contributed by atoms with E-state index in [4.69, 9.17) is 4.42 Å². The molecule has 1 N–H and O–H groups in total. The van der Waals surface area contributed by atoms with Crippen molar-refractivity contribution in [2.75, 3.05) is 6.54 Å². The Morgan fingerprint density at radius 2 is 2.00 bits per heavy atom. The van der Waals surface area contributed by atoms with Crippen LogP contribution in [0.25, 0.3) is 0 Å². The molecule has 80 valence electrons. The lowest BCUT2D eigenvalue weighted by molar-refractivity contribution is 0.423. The zero-order chi connectivity index (χ0) is 10.6. The predicted octanol–water partition coefficient (Wildman–Crippen LogP) is 3.02. The van der Waals surface area contributed by atoms with Crippen molar-refractivity contribution in [2.24, 2.45) is 5.92 Å². The maximum Gasteiger partial charge on any atom is 0.0937 e. The summed E-state index contributed by atoms with van der Waals surface area (Å²) in [5, 5.41) is 3.46. The molecule has 0 saturated heterocycles. The van der Waals surface area contributed by atoms with E-state index in [9.17, 15) is 0 Å². The van der Waals surface area contributed by atoms with Gasteiger partial charge in [0.05, 0.1) is 12.5 Å². The average Bonchev–Trinajstić information content (AvgIpc) is 2.65. The lowest BCUT2D eigenvalue weighted by Gasteiger charge is -2.20. The first-order valence-corrected chi connectivity index (χ1v) is 5.36. The van der Waals surface area contributed by atoms with Gasteiger partial charge in [-0.25, -0.2) is 0 Å². The van der Waals surface area contributed by atoms with Crippen LogP contribution in [0.15, 0.2) is 23.0 Å². The minimum atomic E-state index is 0.556. The lowest BCUT2D eigenvalue weighted by Crippen LogP contribution is -2.29. The van der Waals surface area contributed by atoms with E-state index in [1.807, 2.05) is 6.26 Å². The number of rotatable bonds is 5. The summed E-state index contributed by atoms with van der Waals surface area (Å²) in [5.41, 5.74) is 1.29. The summed E-state index contributed by atoms with van der Waals surface area (Å²) in [6.45, 7) is 9.93. The molecular formula is C12H21NO. The van der Waals surface area contributed by atoms with E-state index in [2.05, 4.69) is 39.1 Å². The van der Waals surface area contributed by atoms with Crippen molar-refractivity contribution in [3.8, 4) is 0 Å². The van der Waals surface area contributed by atoms with Crippen LogP contribution >= 0.6 is 0 Å². The van der Waals surface area contributed by atoms with E-state index in [-0.39, 0.29) is 0 Å². The smallest absolute Gasteiger partial charge is 0.0937 e. The van der Waals surface area contributed by atoms with E-state index < -0.39 is 0 Å². The lowest BCUT2D eigenvalue weighted by atomic mass is 9.90. The first kappa shape index (κ1) is 11.3. The third kappa shape index (κ3) is 3.18. The first-order chi connectivity index (χ1) is 6.61. The largest absolute Gasteiger partial charge is 0.472 e. The fourth-order valence-corrected chi connectivity index (χ4v) is 1.46. The molecule has 0 aliphatic heterocycles. The van der Waals surface area contributed by atoms with Crippen LogP contribution in [0, 0.1) is 5.92 Å². The van der Waals surface area contributed by atoms with Crippen molar-refractivity contribution in [3.05, 3.63) is 24.2 Å². The molecule has 2 heteroatoms. The fraction of sp³-hybridized carbons (Fsp3) is 0.667. The highest BCUT2D eigenvalue weighted by molar-refractivity contribution is 5.12. The minimum Gasteiger partial charge on any atom is -0.472 e. The molecule has 0 amide bonds. The third-order valence-electron chi connectivity index (χ3n) is 2.77. The van der Waals surface area contributed by atoms with E-state index in [0.29, 0.717) is 17.9 Å². The van der Waals surface area contributed by atoms with Crippen LogP contribution in [0.4, 0.5) is 0 Å². The Balaban J connectivity index is 2.41. The highest BCUT2D eigenvalue weighted by Gasteiger charge is 2.15. The molecule has 0 saturated carbocycles. The van der Waals surface area contributed by atoms with Gasteiger partial charge in [-0.15, -0.1) is 0 Å². The van der Waals surface area contributed by atoms with Gasteiger partial charge in [0.1, 0.15) is 0 Å². The van der Waals surface area contributed by atoms with Crippen molar-refractivity contribution >= 4 is 0 Å². The molecular weight excluding hydrogens is 174 g/mol. The molecule has 0 radical (unpaired) electrons. The highest BCUT2D eigenvalue weighted by Crippen LogP contribution is 2.23. The summed E-state index contributed by atoms with van der Waals surface area (Å²) in [6.07, 6.45) is 3.59. The van der Waals surface area contributed by atoms with Gasteiger partial charge in [0.15, 0.2) is 0 Å². The van der Waals surface area contributed by atoms with Crippen LogP contribution in [0.1, 0.15) is 39.2 Å². The minimum absolute atomic E-state index is 0.556. The van der Waals surface area contributed by atoms with Gasteiger partial charge < -0.3 is 9.73 Å². The summed E-state index contributed by atoms with van der Waals surface area (Å²) >= 11 is 0. The second-order valence-corrected chi connectivity index (χ2v) is 4.39. The number of furan rings is 1. The summed E-state index contributed by atoms with van der Waals surface area (Å²) in [5.74, 6) is 1.19. The quantitative estimate of drug-likeness (QED) is 0.781. The zero-order valence-electron chi connectivity index (χ0n) is 9.58. The molecule has 0 bridgehead atoms. The average molecular weight is 195 g/mol. The Hall–Kier alpha value is -0.760. The van der Waals surface area contributed by atoms with Crippen LogP contribution in [0.3, 0.4) is 0 Å². The van der Waals surface area contributed by atoms with Gasteiger partial charge in [-0.2, -0.15) is 0 Å². The van der Waals surface area contributed by atoms with Gasteiger partial charge in [-0.3, -0.25) is 0 Å². The van der Waals surface area contributed by atoms with Crippen LogP contribution in [-0.4, -0.2) is 12.6 Å². The Morgan fingerprint density at radius 1 is 1.29 bits per heavy atom. The maximum atomic E-state index is 5.09. The molecule has 0 aromatic carbocycles. The fourth-order valence-electron chi connectivity index (χ4n) is 1.46. The molecule has 0 fully saturated rings. The molecule has 0 aliphatic carbocycles. The molecule has 2 atom stereocenters. The van der Waals surface area contributed by atoms with E-state index in [1.54, 1.807) is 6.26 Å². The van der Waals surface area contributed by atoms with Gasteiger partial charge in [-0.05, 0) is 30.0 Å².